The maximum Gasteiger partial charge on any atom is 0.316 e. The third-order valence-corrected chi connectivity index (χ3v) is 1.98. The zero-order chi connectivity index (χ0) is 12.0. The first-order valence-corrected chi connectivity index (χ1v) is 4.69. The van der Waals surface area contributed by atoms with Gasteiger partial charge >= 0.3 is 5.69 Å². The van der Waals surface area contributed by atoms with E-state index in [1.54, 1.807) is 6.07 Å². The maximum atomic E-state index is 10.8. The summed E-state index contributed by atoms with van der Waals surface area (Å²) in [7, 11) is 1.52. The van der Waals surface area contributed by atoms with Gasteiger partial charge in [-0.25, -0.2) is 0 Å². The zero-order valence-electron chi connectivity index (χ0n) is 8.88. The van der Waals surface area contributed by atoms with Gasteiger partial charge in [0.25, 0.3) is 0 Å². The minimum absolute atomic E-state index is 0.147. The molecule has 0 amide bonds. The minimum Gasteiger partial charge on any atom is -0.484 e. The molecular weight excluding hydrogens is 214 g/mol. The fourth-order valence-electron chi connectivity index (χ4n) is 1.25. The number of para-hydroxylation sites is 1. The lowest BCUT2D eigenvalue weighted by Gasteiger charge is -2.07. The third-order valence-electron chi connectivity index (χ3n) is 1.98. The highest BCUT2D eigenvalue weighted by atomic mass is 16.6. The first kappa shape index (κ1) is 12.4. The molecule has 6 nitrogen and oxygen atoms in total. The van der Waals surface area contributed by atoms with E-state index in [4.69, 9.17) is 14.6 Å². The van der Waals surface area contributed by atoms with Crippen molar-refractivity contribution in [2.75, 3.05) is 20.3 Å². The van der Waals surface area contributed by atoms with E-state index >= 15 is 0 Å². The van der Waals surface area contributed by atoms with E-state index in [9.17, 15) is 10.1 Å². The third kappa shape index (κ3) is 2.91. The molecule has 0 aliphatic heterocycles. The predicted molar refractivity (Wildman–Crippen MR) is 56.4 cm³/mol. The van der Waals surface area contributed by atoms with Crippen molar-refractivity contribution in [3.8, 4) is 5.75 Å². The van der Waals surface area contributed by atoms with Crippen LogP contribution in [-0.2, 0) is 11.3 Å². The Hall–Kier alpha value is -1.66. The molecule has 0 aliphatic carbocycles. The van der Waals surface area contributed by atoms with Gasteiger partial charge in [0.2, 0.25) is 0 Å². The molecule has 1 N–H and O–H groups in total. The molecule has 0 saturated heterocycles. The van der Waals surface area contributed by atoms with Crippen molar-refractivity contribution in [2.24, 2.45) is 0 Å². The minimum atomic E-state index is -0.562. The molecule has 88 valence electrons. The number of nitro groups is 1. The van der Waals surface area contributed by atoms with Gasteiger partial charge in [0.1, 0.15) is 6.61 Å². The van der Waals surface area contributed by atoms with E-state index < -0.39 is 11.5 Å². The summed E-state index contributed by atoms with van der Waals surface area (Å²) in [6.45, 7) is 0.185. The summed E-state index contributed by atoms with van der Waals surface area (Å²) in [6.07, 6.45) is 0. The number of rotatable bonds is 6. The molecule has 6 heteroatoms. The molecule has 0 radical (unpaired) electrons. The molecule has 0 unspecified atom stereocenters. The monoisotopic (exact) mass is 227 g/mol. The van der Waals surface area contributed by atoms with Crippen LogP contribution in [0.25, 0.3) is 0 Å². The second-order valence-corrected chi connectivity index (χ2v) is 3.02. The lowest BCUT2D eigenvalue weighted by atomic mass is 10.2. The normalized spacial score (nSPS) is 10.1. The number of nitro benzene ring substituents is 1. The Kier molecular flexibility index (Phi) is 4.68. The van der Waals surface area contributed by atoms with Gasteiger partial charge in [-0.15, -0.1) is 0 Å². The van der Waals surface area contributed by atoms with Crippen LogP contribution in [-0.4, -0.2) is 30.4 Å². The first-order chi connectivity index (χ1) is 7.70. The van der Waals surface area contributed by atoms with Crippen LogP contribution in [0.1, 0.15) is 5.56 Å². The quantitative estimate of drug-likeness (QED) is 0.447. The van der Waals surface area contributed by atoms with Crippen LogP contribution in [0, 0.1) is 10.1 Å². The summed E-state index contributed by atoms with van der Waals surface area (Å²) in [4.78, 5) is 10.3. The lowest BCUT2D eigenvalue weighted by Crippen LogP contribution is -2.07. The lowest BCUT2D eigenvalue weighted by molar-refractivity contribution is -0.386. The molecule has 0 aromatic heterocycles. The molecule has 0 spiro atoms. The Morgan fingerprint density at radius 1 is 1.44 bits per heavy atom. The van der Waals surface area contributed by atoms with E-state index in [0.717, 1.165) is 0 Å². The van der Waals surface area contributed by atoms with Gasteiger partial charge in [-0.3, -0.25) is 10.1 Å². The van der Waals surface area contributed by atoms with E-state index in [-0.39, 0.29) is 23.6 Å². The van der Waals surface area contributed by atoms with Gasteiger partial charge in [0, 0.05) is 7.11 Å². The van der Waals surface area contributed by atoms with Crippen LogP contribution < -0.4 is 4.74 Å². The number of aliphatic hydroxyl groups is 1. The topological polar surface area (TPSA) is 81.8 Å². The van der Waals surface area contributed by atoms with Crippen LogP contribution in [0.2, 0.25) is 0 Å². The average molecular weight is 227 g/mol. The van der Waals surface area contributed by atoms with Gasteiger partial charge in [0.15, 0.2) is 5.75 Å². The van der Waals surface area contributed by atoms with Crippen LogP contribution in [0.5, 0.6) is 5.75 Å². The standard InChI is InChI=1S/C10H13NO5/c1-15-5-6-16-9-4-2-3-8(7-12)10(9)11(13)14/h2-4,12H,5-7H2,1H3. The second kappa shape index (κ2) is 6.04. The van der Waals surface area contributed by atoms with Crippen LogP contribution in [0.4, 0.5) is 5.69 Å². The number of methoxy groups -OCH3 is 1. The Morgan fingerprint density at radius 3 is 2.75 bits per heavy atom. The molecule has 0 fully saturated rings. The Balaban J connectivity index is 2.93. The fourth-order valence-corrected chi connectivity index (χ4v) is 1.25. The molecular formula is C10H13NO5. The fraction of sp³-hybridized carbons (Fsp3) is 0.400. The molecule has 0 atom stereocenters. The first-order valence-electron chi connectivity index (χ1n) is 4.69. The summed E-state index contributed by atoms with van der Waals surface area (Å²) >= 11 is 0. The van der Waals surface area contributed by atoms with Crippen molar-refractivity contribution in [1.82, 2.24) is 0 Å². The number of ether oxygens (including phenoxy) is 2. The molecule has 0 bridgehead atoms. The molecule has 1 aromatic carbocycles. The van der Waals surface area contributed by atoms with Crippen molar-refractivity contribution < 1.29 is 19.5 Å². The van der Waals surface area contributed by atoms with Gasteiger partial charge < -0.3 is 14.6 Å². The van der Waals surface area contributed by atoms with E-state index in [0.29, 0.717) is 6.61 Å². The van der Waals surface area contributed by atoms with Crippen molar-refractivity contribution in [3.63, 3.8) is 0 Å². The summed E-state index contributed by atoms with van der Waals surface area (Å²) in [5.41, 5.74) is 0.0426. The number of hydrogen-bond acceptors (Lipinski definition) is 5. The van der Waals surface area contributed by atoms with Crippen LogP contribution in [0.15, 0.2) is 18.2 Å². The highest BCUT2D eigenvalue weighted by Crippen LogP contribution is 2.30. The smallest absolute Gasteiger partial charge is 0.316 e. The van der Waals surface area contributed by atoms with Gasteiger partial charge in [-0.1, -0.05) is 6.07 Å². The van der Waals surface area contributed by atoms with Gasteiger partial charge in [-0.2, -0.15) is 0 Å². The van der Waals surface area contributed by atoms with Crippen molar-refractivity contribution in [1.29, 1.82) is 0 Å². The Bertz CT molecular complexity index is 366. The molecule has 0 aliphatic rings. The predicted octanol–water partition coefficient (Wildman–Crippen LogP) is 1.11. The molecule has 0 saturated carbocycles. The van der Waals surface area contributed by atoms with Crippen molar-refractivity contribution >= 4 is 5.69 Å². The Morgan fingerprint density at radius 2 is 2.19 bits per heavy atom. The highest BCUT2D eigenvalue weighted by Gasteiger charge is 2.19. The highest BCUT2D eigenvalue weighted by molar-refractivity contribution is 5.52. The summed E-state index contributed by atoms with van der Waals surface area (Å²) < 4.78 is 9.98. The number of hydrogen-bond donors (Lipinski definition) is 1. The van der Waals surface area contributed by atoms with Gasteiger partial charge in [0.05, 0.1) is 23.7 Å². The second-order valence-electron chi connectivity index (χ2n) is 3.02. The average Bonchev–Trinajstić information content (AvgIpc) is 2.28. The largest absolute Gasteiger partial charge is 0.484 e. The van der Waals surface area contributed by atoms with Crippen LogP contribution in [0.3, 0.4) is 0 Å². The maximum absolute atomic E-state index is 10.8. The summed E-state index contributed by atoms with van der Waals surface area (Å²) in [6, 6.07) is 4.58. The van der Waals surface area contributed by atoms with Crippen molar-refractivity contribution in [3.05, 3.63) is 33.9 Å². The SMILES string of the molecule is COCCOc1cccc(CO)c1[N+](=O)[O-]. The molecule has 16 heavy (non-hydrogen) atoms. The molecule has 0 heterocycles. The number of aliphatic hydroxyl groups excluding tert-OH is 1. The van der Waals surface area contributed by atoms with Crippen LogP contribution >= 0.6 is 0 Å². The van der Waals surface area contributed by atoms with E-state index in [1.165, 1.54) is 19.2 Å². The number of benzene rings is 1. The Labute approximate surface area is 92.6 Å². The summed E-state index contributed by atoms with van der Waals surface area (Å²) in [5.74, 6) is 0.147. The molecule has 1 rings (SSSR count). The van der Waals surface area contributed by atoms with E-state index in [1.807, 2.05) is 0 Å². The summed E-state index contributed by atoms with van der Waals surface area (Å²) in [5, 5.41) is 19.8. The molecule has 1 aromatic rings. The van der Waals surface area contributed by atoms with E-state index in [2.05, 4.69) is 0 Å². The zero-order valence-corrected chi connectivity index (χ0v) is 8.88. The van der Waals surface area contributed by atoms with Gasteiger partial charge in [-0.05, 0) is 12.1 Å². The van der Waals surface area contributed by atoms with Crippen molar-refractivity contribution in [2.45, 2.75) is 6.61 Å². The number of nitrogens with zero attached hydrogens (tertiary/aromatic N) is 1.